The van der Waals surface area contributed by atoms with Crippen LogP contribution in [0.25, 0.3) is 76.8 Å². The van der Waals surface area contributed by atoms with Crippen molar-refractivity contribution >= 4 is 49.4 Å². The summed E-state index contributed by atoms with van der Waals surface area (Å²) in [4.78, 5) is 2.59. The Morgan fingerprint density at radius 2 is 0.921 bits per heavy atom. The second-order valence-corrected chi connectivity index (χ2v) is 24.2. The molecular weight excluding hydrogens is 915 g/mol. The Morgan fingerprint density at radius 3 is 1.67 bits per heavy atom. The van der Waals surface area contributed by atoms with Crippen LogP contribution in [0.1, 0.15) is 119 Å². The third kappa shape index (κ3) is 7.19. The van der Waals surface area contributed by atoms with Crippen LogP contribution in [0.3, 0.4) is 0 Å². The lowest BCUT2D eigenvalue weighted by Gasteiger charge is -2.34. The molecule has 11 aromatic carbocycles. The van der Waals surface area contributed by atoms with Gasteiger partial charge >= 0.3 is 0 Å². The molecule has 76 heavy (non-hydrogen) atoms. The predicted octanol–water partition coefficient (Wildman–Crippen LogP) is 20.9. The van der Waals surface area contributed by atoms with Crippen molar-refractivity contribution in [1.29, 1.82) is 0 Å². The third-order valence-corrected chi connectivity index (χ3v) is 17.8. The van der Waals surface area contributed by atoms with Gasteiger partial charge in [-0.3, -0.25) is 0 Å². The fourth-order valence-electron chi connectivity index (χ4n) is 14.0. The smallest absolute Gasteiger partial charge is 0.0726 e. The zero-order valence-electron chi connectivity index (χ0n) is 44.8. The van der Waals surface area contributed by atoms with Gasteiger partial charge in [-0.05, 0) is 170 Å². The molecule has 1 spiro atoms. The normalized spacial score (nSPS) is 14.8. The van der Waals surface area contributed by atoms with Crippen molar-refractivity contribution in [3.8, 4) is 44.5 Å². The zero-order valence-corrected chi connectivity index (χ0v) is 44.8. The fourth-order valence-corrected chi connectivity index (χ4v) is 14.0. The lowest BCUT2D eigenvalue weighted by Crippen LogP contribution is -2.27. The van der Waals surface area contributed by atoms with Gasteiger partial charge in [0.2, 0.25) is 0 Å². The van der Waals surface area contributed by atoms with Gasteiger partial charge in [0.15, 0.2) is 0 Å². The SMILES string of the molecule is CC(C)(C)c1ccc2c(c1)C1(c3ccccc3-c3ccc(N(c4cccc(-c5cccc6c5ccc5ccccc56)c4)c4ccccc4-c4cccc5cccc(C6CCCCC6)c45)cc31)c1cc(C(C)(C)C)ccc1-2. The van der Waals surface area contributed by atoms with Crippen LogP contribution in [0.2, 0.25) is 0 Å². The highest BCUT2D eigenvalue weighted by molar-refractivity contribution is 6.12. The second kappa shape index (κ2) is 17.5. The van der Waals surface area contributed by atoms with E-state index in [4.69, 9.17) is 0 Å². The van der Waals surface area contributed by atoms with Crippen molar-refractivity contribution in [2.75, 3.05) is 4.90 Å². The van der Waals surface area contributed by atoms with Gasteiger partial charge in [-0.2, -0.15) is 0 Å². The molecule has 0 unspecified atom stereocenters. The summed E-state index contributed by atoms with van der Waals surface area (Å²) in [6.45, 7) is 14.1. The Labute approximate surface area is 449 Å². The number of rotatable bonds is 6. The van der Waals surface area contributed by atoms with Crippen LogP contribution >= 0.6 is 0 Å². The molecule has 0 saturated heterocycles. The average molecular weight is 980 g/mol. The highest BCUT2D eigenvalue weighted by Gasteiger charge is 2.52. The molecule has 0 bridgehead atoms. The largest absolute Gasteiger partial charge is 0.310 e. The molecule has 1 heteroatoms. The Balaban J connectivity index is 1.05. The molecule has 0 atom stereocenters. The molecule has 1 nitrogen and oxygen atoms in total. The van der Waals surface area contributed by atoms with Gasteiger partial charge < -0.3 is 4.90 Å². The van der Waals surface area contributed by atoms with E-state index in [1.807, 2.05) is 0 Å². The predicted molar refractivity (Wildman–Crippen MR) is 324 cm³/mol. The van der Waals surface area contributed by atoms with E-state index in [0.717, 1.165) is 17.1 Å². The van der Waals surface area contributed by atoms with E-state index in [9.17, 15) is 0 Å². The van der Waals surface area contributed by atoms with Crippen LogP contribution in [0.15, 0.2) is 218 Å². The number of benzene rings is 11. The van der Waals surface area contributed by atoms with Gasteiger partial charge in [-0.15, -0.1) is 0 Å². The van der Waals surface area contributed by atoms with Crippen molar-refractivity contribution in [1.82, 2.24) is 0 Å². The summed E-state index contributed by atoms with van der Waals surface area (Å²) >= 11 is 0. The minimum absolute atomic E-state index is 0.0362. The Morgan fingerprint density at radius 1 is 0.368 bits per heavy atom. The van der Waals surface area contributed by atoms with Crippen molar-refractivity contribution < 1.29 is 0 Å². The minimum Gasteiger partial charge on any atom is -0.310 e. The quantitative estimate of drug-likeness (QED) is 0.150. The number of para-hydroxylation sites is 1. The van der Waals surface area contributed by atoms with Gasteiger partial charge in [-0.25, -0.2) is 0 Å². The van der Waals surface area contributed by atoms with Gasteiger partial charge in [0.1, 0.15) is 0 Å². The molecule has 14 rings (SSSR count). The van der Waals surface area contributed by atoms with Crippen LogP contribution in [0, 0.1) is 0 Å². The Bertz CT molecular complexity index is 4060. The highest BCUT2D eigenvalue weighted by atomic mass is 15.1. The van der Waals surface area contributed by atoms with Gasteiger partial charge in [0.05, 0.1) is 11.1 Å². The lowest BCUT2D eigenvalue weighted by molar-refractivity contribution is 0.445. The molecule has 370 valence electrons. The molecule has 1 saturated carbocycles. The maximum atomic E-state index is 2.59. The van der Waals surface area contributed by atoms with E-state index in [1.54, 1.807) is 0 Å². The summed E-state index contributed by atoms with van der Waals surface area (Å²) in [5.41, 5.74) is 22.7. The third-order valence-electron chi connectivity index (χ3n) is 17.8. The van der Waals surface area contributed by atoms with Gasteiger partial charge in [0.25, 0.3) is 0 Å². The van der Waals surface area contributed by atoms with Gasteiger partial charge in [0, 0.05) is 16.9 Å². The molecule has 0 heterocycles. The molecule has 11 aromatic rings. The first-order valence-corrected chi connectivity index (χ1v) is 27.9. The molecule has 1 fully saturated rings. The summed E-state index contributed by atoms with van der Waals surface area (Å²) < 4.78 is 0. The van der Waals surface area contributed by atoms with E-state index in [1.165, 1.54) is 148 Å². The summed E-state index contributed by atoms with van der Waals surface area (Å²) in [5.74, 6) is 0.556. The topological polar surface area (TPSA) is 3.24 Å². The molecule has 0 aliphatic heterocycles. The van der Waals surface area contributed by atoms with Crippen LogP contribution in [0.4, 0.5) is 17.1 Å². The van der Waals surface area contributed by atoms with Crippen molar-refractivity contribution in [3.63, 3.8) is 0 Å². The van der Waals surface area contributed by atoms with Crippen LogP contribution in [-0.4, -0.2) is 0 Å². The number of hydrogen-bond donors (Lipinski definition) is 0. The first kappa shape index (κ1) is 46.5. The Hall–Kier alpha value is -8.00. The number of hydrogen-bond acceptors (Lipinski definition) is 1. The molecular formula is C75H65N. The summed E-state index contributed by atoms with van der Waals surface area (Å²) in [7, 11) is 0. The summed E-state index contributed by atoms with van der Waals surface area (Å²) in [6, 6.07) is 84.4. The fraction of sp³-hybridized carbons (Fsp3) is 0.200. The van der Waals surface area contributed by atoms with Crippen LogP contribution < -0.4 is 4.90 Å². The molecule has 0 radical (unpaired) electrons. The number of anilines is 3. The highest BCUT2D eigenvalue weighted by Crippen LogP contribution is 2.64. The average Bonchev–Trinajstić information content (AvgIpc) is 4.12. The summed E-state index contributed by atoms with van der Waals surface area (Å²) in [6.07, 6.45) is 6.42. The van der Waals surface area contributed by atoms with Crippen LogP contribution in [-0.2, 0) is 16.2 Å². The van der Waals surface area contributed by atoms with Gasteiger partial charge in [-0.1, -0.05) is 249 Å². The second-order valence-electron chi connectivity index (χ2n) is 24.2. The Kier molecular flexibility index (Phi) is 10.7. The molecule has 0 amide bonds. The van der Waals surface area contributed by atoms with E-state index >= 15 is 0 Å². The van der Waals surface area contributed by atoms with E-state index in [-0.39, 0.29) is 10.8 Å². The van der Waals surface area contributed by atoms with Crippen molar-refractivity contribution in [2.24, 2.45) is 0 Å². The molecule has 0 aromatic heterocycles. The maximum Gasteiger partial charge on any atom is 0.0726 e. The van der Waals surface area contributed by atoms with E-state index in [0.29, 0.717) is 5.92 Å². The van der Waals surface area contributed by atoms with E-state index < -0.39 is 5.41 Å². The monoisotopic (exact) mass is 980 g/mol. The first-order valence-electron chi connectivity index (χ1n) is 27.9. The van der Waals surface area contributed by atoms with Crippen molar-refractivity contribution in [3.05, 3.63) is 257 Å². The maximum absolute atomic E-state index is 2.59. The number of nitrogens with zero attached hydrogens (tertiary/aromatic N) is 1. The first-order chi connectivity index (χ1) is 37.0. The van der Waals surface area contributed by atoms with Crippen LogP contribution in [0.5, 0.6) is 0 Å². The molecule has 3 aliphatic carbocycles. The van der Waals surface area contributed by atoms with E-state index in [2.05, 4.69) is 265 Å². The van der Waals surface area contributed by atoms with Crippen molar-refractivity contribution in [2.45, 2.75) is 95.8 Å². The lowest BCUT2D eigenvalue weighted by atomic mass is 9.68. The molecule has 0 N–H and O–H groups in total. The number of fused-ring (bicyclic) bond motifs is 14. The minimum atomic E-state index is -0.543. The zero-order chi connectivity index (χ0) is 51.5. The standard InChI is InChI=1S/C75H65N/c1-73(2,3)52-37-41-62-63-42-38-53(74(4,5)6)46-69(63)75(68(62)45-52)67-34-14-12-28-61(67)64-43-39-55(47-70(64)75)76(54-26-16-25-51(44-54)57-30-19-32-59-56-27-11-10-22-49(56)36-40-60(57)59)71-35-15-13-29-65(71)66-33-18-24-50-23-17-31-58(72(50)66)48-20-8-7-9-21-48/h10-19,22-48H,7-9,20-21H2,1-6H3. The summed E-state index contributed by atoms with van der Waals surface area (Å²) in [5, 5.41) is 7.79. The molecule has 3 aliphatic rings.